The average molecular weight is 924 g/mol. The van der Waals surface area contributed by atoms with Gasteiger partial charge in [0.2, 0.25) is 5.91 Å². The Morgan fingerprint density at radius 2 is 0.846 bits per heavy atom. The second kappa shape index (κ2) is 46.6. The standard InChI is InChI=1S/C56H109NO8/c1-3-5-7-9-11-13-15-17-19-21-22-23-24-25-26-27-28-30-32-34-36-38-40-42-44-46-52(60)57-49(48-64-56-55(63)54(62)53(61)51(47-58)65-56)50(59)45-43-41-39-37-35-33-31-29-20-18-16-14-12-10-8-6-4-2/h43,45,49-51,53-56,58-59,61-63H,3-42,44,46-48H2,1-2H3,(H,57,60)/b45-43+. The van der Waals surface area contributed by atoms with E-state index in [-0.39, 0.29) is 12.5 Å². The van der Waals surface area contributed by atoms with Crippen LogP contribution >= 0.6 is 0 Å². The fourth-order valence-electron chi connectivity index (χ4n) is 9.34. The Hall–Kier alpha value is -1.07. The number of aliphatic hydroxyl groups is 5. The first-order valence-corrected chi connectivity index (χ1v) is 28.4. The lowest BCUT2D eigenvalue weighted by atomic mass is 9.99. The van der Waals surface area contributed by atoms with Gasteiger partial charge in [-0.2, -0.15) is 0 Å². The normalized spacial score (nSPS) is 19.9. The minimum absolute atomic E-state index is 0.170. The summed E-state index contributed by atoms with van der Waals surface area (Å²) in [5.41, 5.74) is 0. The maximum atomic E-state index is 13.0. The highest BCUT2D eigenvalue weighted by molar-refractivity contribution is 5.76. The van der Waals surface area contributed by atoms with E-state index in [0.29, 0.717) is 6.42 Å². The summed E-state index contributed by atoms with van der Waals surface area (Å²) in [5.74, 6) is -0.170. The van der Waals surface area contributed by atoms with Crippen molar-refractivity contribution in [2.45, 2.75) is 326 Å². The zero-order valence-corrected chi connectivity index (χ0v) is 42.8. The lowest BCUT2D eigenvalue weighted by molar-refractivity contribution is -0.302. The number of hydrogen-bond acceptors (Lipinski definition) is 8. The number of carbonyl (C=O) groups is 1. The van der Waals surface area contributed by atoms with Gasteiger partial charge >= 0.3 is 0 Å². The van der Waals surface area contributed by atoms with Gasteiger partial charge in [-0.25, -0.2) is 0 Å². The van der Waals surface area contributed by atoms with Crippen molar-refractivity contribution in [3.63, 3.8) is 0 Å². The second-order valence-electron chi connectivity index (χ2n) is 20.1. The molecule has 0 aromatic carbocycles. The molecular weight excluding hydrogens is 815 g/mol. The van der Waals surface area contributed by atoms with Crippen molar-refractivity contribution >= 4 is 5.91 Å². The van der Waals surface area contributed by atoms with Gasteiger partial charge in [0, 0.05) is 6.42 Å². The SMILES string of the molecule is CCCCCCCCCCCCCCCCC/C=C/C(O)C(COC1OC(CO)C(O)C(O)C1O)NC(=O)CCCCCCCCCCCCCCCCCCCCCCCCCCC. The highest BCUT2D eigenvalue weighted by Crippen LogP contribution is 2.23. The number of allylic oxidation sites excluding steroid dienone is 1. The Bertz CT molecular complexity index is 1030. The number of amides is 1. The first-order valence-electron chi connectivity index (χ1n) is 28.4. The smallest absolute Gasteiger partial charge is 0.220 e. The van der Waals surface area contributed by atoms with Crippen LogP contribution in [0.5, 0.6) is 0 Å². The van der Waals surface area contributed by atoms with Gasteiger partial charge in [-0.15, -0.1) is 0 Å². The second-order valence-corrected chi connectivity index (χ2v) is 20.1. The van der Waals surface area contributed by atoms with Crippen molar-refractivity contribution < 1.29 is 39.8 Å². The van der Waals surface area contributed by atoms with Crippen LogP contribution < -0.4 is 5.32 Å². The minimum atomic E-state index is -1.56. The maximum absolute atomic E-state index is 13.0. The molecule has 1 heterocycles. The quantitative estimate of drug-likeness (QED) is 0.0261. The molecule has 7 atom stereocenters. The molecule has 0 aromatic heterocycles. The van der Waals surface area contributed by atoms with Crippen LogP contribution in [0.15, 0.2) is 12.2 Å². The van der Waals surface area contributed by atoms with Gasteiger partial charge in [0.1, 0.15) is 24.4 Å². The molecule has 1 rings (SSSR count). The van der Waals surface area contributed by atoms with Gasteiger partial charge in [0.25, 0.3) is 0 Å². The number of carbonyl (C=O) groups excluding carboxylic acids is 1. The summed E-state index contributed by atoms with van der Waals surface area (Å²) < 4.78 is 11.3. The highest BCUT2D eigenvalue weighted by atomic mass is 16.7. The molecule has 0 aliphatic carbocycles. The van der Waals surface area contributed by atoms with Crippen LogP contribution in [0.3, 0.4) is 0 Å². The van der Waals surface area contributed by atoms with E-state index in [1.807, 2.05) is 6.08 Å². The number of nitrogens with one attached hydrogen (secondary N) is 1. The third-order valence-electron chi connectivity index (χ3n) is 13.9. The molecule has 7 unspecified atom stereocenters. The molecule has 386 valence electrons. The summed E-state index contributed by atoms with van der Waals surface area (Å²) >= 11 is 0. The van der Waals surface area contributed by atoms with Crippen LogP contribution in [0.4, 0.5) is 0 Å². The third-order valence-corrected chi connectivity index (χ3v) is 13.9. The summed E-state index contributed by atoms with van der Waals surface area (Å²) in [6, 6.07) is -0.800. The molecule has 1 aliphatic rings. The van der Waals surface area contributed by atoms with Gasteiger partial charge in [-0.05, 0) is 19.3 Å². The number of ether oxygens (including phenoxy) is 2. The van der Waals surface area contributed by atoms with Gasteiger partial charge < -0.3 is 40.3 Å². The van der Waals surface area contributed by atoms with E-state index < -0.39 is 49.5 Å². The Morgan fingerprint density at radius 1 is 0.508 bits per heavy atom. The molecule has 1 aliphatic heterocycles. The predicted octanol–water partition coefficient (Wildman–Crippen LogP) is 13.6. The highest BCUT2D eigenvalue weighted by Gasteiger charge is 2.44. The number of hydrogen-bond donors (Lipinski definition) is 6. The van der Waals surface area contributed by atoms with Crippen molar-refractivity contribution in [2.75, 3.05) is 13.2 Å². The van der Waals surface area contributed by atoms with Crippen molar-refractivity contribution in [3.05, 3.63) is 12.2 Å². The van der Waals surface area contributed by atoms with Crippen molar-refractivity contribution in [2.24, 2.45) is 0 Å². The molecule has 6 N–H and O–H groups in total. The molecule has 9 heteroatoms. The molecule has 0 spiro atoms. The topological polar surface area (TPSA) is 149 Å². The van der Waals surface area contributed by atoms with E-state index in [0.717, 1.165) is 38.5 Å². The van der Waals surface area contributed by atoms with E-state index in [2.05, 4.69) is 19.2 Å². The van der Waals surface area contributed by atoms with E-state index in [1.165, 1.54) is 225 Å². The molecule has 1 saturated heterocycles. The van der Waals surface area contributed by atoms with Crippen LogP contribution in [0, 0.1) is 0 Å². The fraction of sp³-hybridized carbons (Fsp3) is 0.946. The molecule has 0 aromatic rings. The Morgan fingerprint density at radius 3 is 1.20 bits per heavy atom. The molecule has 1 fully saturated rings. The summed E-state index contributed by atoms with van der Waals surface area (Å²) in [4.78, 5) is 13.0. The zero-order valence-electron chi connectivity index (χ0n) is 42.8. The third kappa shape index (κ3) is 36.6. The van der Waals surface area contributed by atoms with Crippen LogP contribution in [-0.2, 0) is 14.3 Å². The molecule has 9 nitrogen and oxygen atoms in total. The predicted molar refractivity (Wildman–Crippen MR) is 272 cm³/mol. The van der Waals surface area contributed by atoms with Gasteiger partial charge in [0.05, 0.1) is 25.4 Å². The molecule has 65 heavy (non-hydrogen) atoms. The van der Waals surface area contributed by atoms with E-state index in [9.17, 15) is 30.3 Å². The minimum Gasteiger partial charge on any atom is -0.394 e. The average Bonchev–Trinajstić information content (AvgIpc) is 3.31. The van der Waals surface area contributed by atoms with Crippen molar-refractivity contribution in [1.82, 2.24) is 5.32 Å². The lowest BCUT2D eigenvalue weighted by Gasteiger charge is -2.40. The van der Waals surface area contributed by atoms with Crippen LogP contribution in [0.2, 0.25) is 0 Å². The van der Waals surface area contributed by atoms with Gasteiger partial charge in [-0.3, -0.25) is 4.79 Å². The lowest BCUT2D eigenvalue weighted by Crippen LogP contribution is -2.60. The van der Waals surface area contributed by atoms with Gasteiger partial charge in [0.15, 0.2) is 6.29 Å². The number of unbranched alkanes of at least 4 members (excludes halogenated alkanes) is 39. The van der Waals surface area contributed by atoms with Crippen LogP contribution in [0.1, 0.15) is 284 Å². The van der Waals surface area contributed by atoms with E-state index >= 15 is 0 Å². The zero-order chi connectivity index (χ0) is 47.3. The van der Waals surface area contributed by atoms with E-state index in [1.54, 1.807) is 6.08 Å². The Labute approximate surface area is 401 Å². The number of aliphatic hydroxyl groups excluding tert-OH is 5. The maximum Gasteiger partial charge on any atom is 0.220 e. The summed E-state index contributed by atoms with van der Waals surface area (Å²) in [5, 5.41) is 54.5. The number of rotatable bonds is 49. The monoisotopic (exact) mass is 924 g/mol. The molecule has 1 amide bonds. The largest absolute Gasteiger partial charge is 0.394 e. The summed E-state index contributed by atoms with van der Waals surface area (Å²) in [6.07, 6.45) is 49.9. The molecule has 0 radical (unpaired) electrons. The Kier molecular flexibility index (Phi) is 44.5. The van der Waals surface area contributed by atoms with Gasteiger partial charge in [-0.1, -0.05) is 270 Å². The first kappa shape index (κ1) is 61.9. The van der Waals surface area contributed by atoms with E-state index in [4.69, 9.17) is 9.47 Å². The summed E-state index contributed by atoms with van der Waals surface area (Å²) in [6.45, 7) is 3.82. The molecule has 0 bridgehead atoms. The van der Waals surface area contributed by atoms with Crippen LogP contribution in [-0.4, -0.2) is 87.5 Å². The van der Waals surface area contributed by atoms with Crippen LogP contribution in [0.25, 0.3) is 0 Å². The fourth-order valence-corrected chi connectivity index (χ4v) is 9.34. The van der Waals surface area contributed by atoms with Crippen molar-refractivity contribution in [3.8, 4) is 0 Å². The Balaban J connectivity index is 2.20. The molecular formula is C56H109NO8. The first-order chi connectivity index (χ1) is 31.8. The summed E-state index contributed by atoms with van der Waals surface area (Å²) in [7, 11) is 0. The molecule has 0 saturated carbocycles. The van der Waals surface area contributed by atoms with Crippen molar-refractivity contribution in [1.29, 1.82) is 0 Å².